The van der Waals surface area contributed by atoms with Crippen molar-refractivity contribution in [3.05, 3.63) is 27.5 Å². The molecular weight excluding hydrogens is 342 g/mol. The minimum atomic E-state index is -0.0212. The molecule has 110 valence electrons. The fraction of sp³-hybridized carbons (Fsp3) is 0.571. The van der Waals surface area contributed by atoms with Gasteiger partial charge in [-0.2, -0.15) is 0 Å². The fourth-order valence-electron chi connectivity index (χ4n) is 2.58. The molecule has 0 atom stereocenters. The highest BCUT2D eigenvalue weighted by Gasteiger charge is 2.25. The van der Waals surface area contributed by atoms with E-state index in [1.807, 2.05) is 4.90 Å². The zero-order chi connectivity index (χ0) is 14.7. The maximum Gasteiger partial charge on any atom is 0.257 e. The highest BCUT2D eigenvalue weighted by Crippen LogP contribution is 2.23. The Morgan fingerprint density at radius 3 is 2.75 bits per heavy atom. The average Bonchev–Trinajstić information content (AvgIpc) is 2.41. The van der Waals surface area contributed by atoms with Gasteiger partial charge in [0.05, 0.1) is 5.56 Å². The molecule has 6 heteroatoms. The highest BCUT2D eigenvalue weighted by molar-refractivity contribution is 9.10. The van der Waals surface area contributed by atoms with Crippen LogP contribution in [0.5, 0.6) is 0 Å². The molecule has 0 aliphatic carbocycles. The third kappa shape index (κ3) is 3.93. The molecule has 4 nitrogen and oxygen atoms in total. The number of hydrogen-bond donors (Lipinski definition) is 0. The van der Waals surface area contributed by atoms with Crippen molar-refractivity contribution in [3.8, 4) is 0 Å². The van der Waals surface area contributed by atoms with Crippen LogP contribution in [-0.4, -0.2) is 54.4 Å². The Morgan fingerprint density at radius 1 is 1.50 bits per heavy atom. The van der Waals surface area contributed by atoms with E-state index >= 15 is 0 Å². The smallest absolute Gasteiger partial charge is 0.257 e. The van der Waals surface area contributed by atoms with Gasteiger partial charge in [0.2, 0.25) is 0 Å². The van der Waals surface area contributed by atoms with Crippen molar-refractivity contribution in [1.82, 2.24) is 14.8 Å². The molecule has 1 aromatic heterocycles. The van der Waals surface area contributed by atoms with Crippen LogP contribution in [0.4, 0.5) is 0 Å². The maximum atomic E-state index is 12.5. The molecule has 2 heterocycles. The van der Waals surface area contributed by atoms with E-state index in [9.17, 15) is 4.79 Å². The molecule has 1 aliphatic heterocycles. The molecule has 0 radical (unpaired) electrons. The number of nitrogens with zero attached hydrogens (tertiary/aromatic N) is 3. The van der Waals surface area contributed by atoms with Gasteiger partial charge in [0.1, 0.15) is 5.15 Å². The lowest BCUT2D eigenvalue weighted by molar-refractivity contribution is 0.0677. The van der Waals surface area contributed by atoms with Crippen LogP contribution in [0.2, 0.25) is 5.15 Å². The van der Waals surface area contributed by atoms with Gasteiger partial charge in [-0.1, -0.05) is 11.6 Å². The van der Waals surface area contributed by atoms with Crippen LogP contribution < -0.4 is 0 Å². The number of carbonyl (C=O) groups is 1. The Balaban J connectivity index is 2.00. The summed E-state index contributed by atoms with van der Waals surface area (Å²) >= 11 is 9.35. The lowest BCUT2D eigenvalue weighted by Gasteiger charge is -2.33. The summed E-state index contributed by atoms with van der Waals surface area (Å²) in [6, 6.07) is 1.74. The van der Waals surface area contributed by atoms with Crippen molar-refractivity contribution in [1.29, 1.82) is 0 Å². The van der Waals surface area contributed by atoms with Crippen molar-refractivity contribution in [3.63, 3.8) is 0 Å². The Bertz CT molecular complexity index is 487. The minimum Gasteiger partial charge on any atom is -0.339 e. The summed E-state index contributed by atoms with van der Waals surface area (Å²) in [4.78, 5) is 20.6. The fourth-order valence-corrected chi connectivity index (χ4v) is 3.09. The highest BCUT2D eigenvalue weighted by atomic mass is 79.9. The van der Waals surface area contributed by atoms with Gasteiger partial charge in [-0.3, -0.25) is 4.79 Å². The largest absolute Gasteiger partial charge is 0.339 e. The summed E-state index contributed by atoms with van der Waals surface area (Å²) in [7, 11) is 4.18. The lowest BCUT2D eigenvalue weighted by atomic mass is 9.96. The van der Waals surface area contributed by atoms with E-state index in [0.717, 1.165) is 36.9 Å². The first-order valence-corrected chi connectivity index (χ1v) is 7.89. The molecule has 1 saturated heterocycles. The Morgan fingerprint density at radius 2 is 2.15 bits per heavy atom. The molecule has 20 heavy (non-hydrogen) atoms. The van der Waals surface area contributed by atoms with Crippen LogP contribution in [0.1, 0.15) is 23.2 Å². The molecule has 2 rings (SSSR count). The number of aromatic nitrogens is 1. The van der Waals surface area contributed by atoms with Crippen LogP contribution in [0.15, 0.2) is 16.7 Å². The molecular formula is C14H19BrClN3O. The third-order valence-corrected chi connectivity index (χ3v) is 4.30. The molecule has 0 N–H and O–H groups in total. The summed E-state index contributed by atoms with van der Waals surface area (Å²) in [5.74, 6) is 0.650. The van der Waals surface area contributed by atoms with Gasteiger partial charge in [-0.25, -0.2) is 4.98 Å². The van der Waals surface area contributed by atoms with E-state index in [2.05, 4.69) is 39.9 Å². The van der Waals surface area contributed by atoms with Crippen molar-refractivity contribution < 1.29 is 4.79 Å². The molecule has 1 aliphatic rings. The van der Waals surface area contributed by atoms with Gasteiger partial charge < -0.3 is 9.80 Å². The van der Waals surface area contributed by atoms with Gasteiger partial charge >= 0.3 is 0 Å². The first kappa shape index (κ1) is 15.7. The topological polar surface area (TPSA) is 36.4 Å². The predicted octanol–water partition coefficient (Wildman–Crippen LogP) is 2.91. The van der Waals surface area contributed by atoms with E-state index in [0.29, 0.717) is 11.5 Å². The van der Waals surface area contributed by atoms with Crippen LogP contribution in [0.25, 0.3) is 0 Å². The maximum absolute atomic E-state index is 12.5. The molecule has 1 aromatic rings. The SMILES string of the molecule is CN(C)CC1CCN(C(=O)c2cc(Br)cnc2Cl)CC1. The van der Waals surface area contributed by atoms with Crippen LogP contribution in [0.3, 0.4) is 0 Å². The standard InChI is InChI=1S/C14H19BrClN3O/c1-18(2)9-10-3-5-19(6-4-10)14(20)12-7-11(15)8-17-13(12)16/h7-8,10H,3-6,9H2,1-2H3. The van der Waals surface area contributed by atoms with Crippen LogP contribution in [-0.2, 0) is 0 Å². The number of amides is 1. The van der Waals surface area contributed by atoms with Gasteiger partial charge in [-0.05, 0) is 54.9 Å². The Kier molecular flexibility index (Phi) is 5.41. The number of piperidine rings is 1. The number of likely N-dealkylation sites (tertiary alicyclic amines) is 1. The van der Waals surface area contributed by atoms with E-state index < -0.39 is 0 Å². The van der Waals surface area contributed by atoms with Gasteiger partial charge in [0.25, 0.3) is 5.91 Å². The average molecular weight is 361 g/mol. The first-order chi connectivity index (χ1) is 9.47. The van der Waals surface area contributed by atoms with Crippen molar-refractivity contribution >= 4 is 33.4 Å². The number of halogens is 2. The van der Waals surface area contributed by atoms with Gasteiger partial charge in [0.15, 0.2) is 0 Å². The van der Waals surface area contributed by atoms with Crippen molar-refractivity contribution in [2.24, 2.45) is 5.92 Å². The third-order valence-electron chi connectivity index (χ3n) is 3.56. The van der Waals surface area contributed by atoms with Gasteiger partial charge in [0, 0.05) is 30.3 Å². The second kappa shape index (κ2) is 6.87. The summed E-state index contributed by atoms with van der Waals surface area (Å²) in [6.45, 7) is 2.67. The number of hydrogen-bond acceptors (Lipinski definition) is 3. The second-order valence-electron chi connectivity index (χ2n) is 5.49. The Labute approximate surface area is 133 Å². The number of rotatable bonds is 3. The molecule has 0 saturated carbocycles. The first-order valence-electron chi connectivity index (χ1n) is 6.72. The monoisotopic (exact) mass is 359 g/mol. The molecule has 1 amide bonds. The zero-order valence-electron chi connectivity index (χ0n) is 11.8. The summed E-state index contributed by atoms with van der Waals surface area (Å²) < 4.78 is 0.771. The second-order valence-corrected chi connectivity index (χ2v) is 6.76. The molecule has 0 spiro atoms. The minimum absolute atomic E-state index is 0.0212. The predicted molar refractivity (Wildman–Crippen MR) is 84.1 cm³/mol. The van der Waals surface area contributed by atoms with Gasteiger partial charge in [-0.15, -0.1) is 0 Å². The van der Waals surface area contributed by atoms with Crippen LogP contribution in [0, 0.1) is 5.92 Å². The van der Waals surface area contributed by atoms with Crippen LogP contribution >= 0.6 is 27.5 Å². The number of carbonyl (C=O) groups excluding carboxylic acids is 1. The van der Waals surface area contributed by atoms with E-state index in [1.165, 1.54) is 0 Å². The van der Waals surface area contributed by atoms with E-state index in [-0.39, 0.29) is 11.1 Å². The van der Waals surface area contributed by atoms with Crippen molar-refractivity contribution in [2.45, 2.75) is 12.8 Å². The number of pyridine rings is 1. The zero-order valence-corrected chi connectivity index (χ0v) is 14.1. The van der Waals surface area contributed by atoms with E-state index in [1.54, 1.807) is 12.3 Å². The summed E-state index contributed by atoms with van der Waals surface area (Å²) in [5, 5.41) is 0.272. The molecule has 1 fully saturated rings. The molecule has 0 aromatic carbocycles. The lowest BCUT2D eigenvalue weighted by Crippen LogP contribution is -2.40. The molecule has 0 unspecified atom stereocenters. The van der Waals surface area contributed by atoms with Crippen molar-refractivity contribution in [2.75, 3.05) is 33.7 Å². The quantitative estimate of drug-likeness (QED) is 0.778. The summed E-state index contributed by atoms with van der Waals surface area (Å²) in [6.07, 6.45) is 3.69. The Hall–Kier alpha value is -0.650. The molecule has 0 bridgehead atoms. The summed E-state index contributed by atoms with van der Waals surface area (Å²) in [5.41, 5.74) is 0.479. The van der Waals surface area contributed by atoms with E-state index in [4.69, 9.17) is 11.6 Å². The normalized spacial score (nSPS) is 16.8.